The maximum atomic E-state index is 11.9. The second-order valence-corrected chi connectivity index (χ2v) is 5.70. The number of urea groups is 1. The van der Waals surface area contributed by atoms with Crippen LogP contribution in [-0.4, -0.2) is 59.4 Å². The number of nitrogens with two attached hydrogens (primary N) is 1. The first-order valence-corrected chi connectivity index (χ1v) is 6.80. The van der Waals surface area contributed by atoms with Crippen LogP contribution in [0.4, 0.5) is 4.79 Å². The summed E-state index contributed by atoms with van der Waals surface area (Å²) in [6.07, 6.45) is 0.744. The molecule has 1 fully saturated rings. The number of carbonyl (C=O) groups excluding carboxylic acids is 3. The smallest absolute Gasteiger partial charge is 0.325 e. The van der Waals surface area contributed by atoms with Gasteiger partial charge < -0.3 is 16.0 Å². The highest BCUT2D eigenvalue weighted by Crippen LogP contribution is 2.17. The minimum atomic E-state index is -0.855. The Balaban J connectivity index is 2.44. The molecule has 0 aromatic heterocycles. The quantitative estimate of drug-likeness (QED) is 0.666. The van der Waals surface area contributed by atoms with Gasteiger partial charge in [-0.3, -0.25) is 14.5 Å². The van der Waals surface area contributed by atoms with Crippen LogP contribution in [0.3, 0.4) is 0 Å². The molecule has 114 valence electrons. The van der Waals surface area contributed by atoms with Crippen molar-refractivity contribution in [1.82, 2.24) is 15.1 Å². The minimum Gasteiger partial charge on any atom is -0.342 e. The lowest BCUT2D eigenvalue weighted by Gasteiger charge is -2.24. The lowest BCUT2D eigenvalue weighted by molar-refractivity contribution is -0.133. The van der Waals surface area contributed by atoms with Gasteiger partial charge in [-0.25, -0.2) is 4.79 Å². The maximum Gasteiger partial charge on any atom is 0.325 e. The Morgan fingerprint density at radius 1 is 1.45 bits per heavy atom. The highest BCUT2D eigenvalue weighted by molar-refractivity contribution is 6.06. The first kappa shape index (κ1) is 16.4. The van der Waals surface area contributed by atoms with Gasteiger partial charge in [-0.05, 0) is 27.2 Å². The van der Waals surface area contributed by atoms with E-state index in [2.05, 4.69) is 5.32 Å². The number of carbonyl (C=O) groups is 3. The van der Waals surface area contributed by atoms with Crippen molar-refractivity contribution >= 4 is 17.8 Å². The predicted octanol–water partition coefficient (Wildman–Crippen LogP) is -0.0974. The van der Waals surface area contributed by atoms with Gasteiger partial charge in [-0.15, -0.1) is 0 Å². The van der Waals surface area contributed by atoms with E-state index in [1.807, 2.05) is 6.92 Å². The maximum absolute atomic E-state index is 11.9. The summed E-state index contributed by atoms with van der Waals surface area (Å²) >= 11 is 0. The van der Waals surface area contributed by atoms with Gasteiger partial charge in [0.25, 0.3) is 5.91 Å². The molecule has 1 atom stereocenters. The summed E-state index contributed by atoms with van der Waals surface area (Å²) in [5, 5.41) is 2.61. The van der Waals surface area contributed by atoms with Crippen LogP contribution >= 0.6 is 0 Å². The SMILES string of the molecule is CC(CN)N(C)C(=O)CCCN1C(=O)NC(C)(C)C1=O. The molecule has 0 aliphatic carbocycles. The van der Waals surface area contributed by atoms with E-state index >= 15 is 0 Å². The predicted molar refractivity (Wildman–Crippen MR) is 74.8 cm³/mol. The second-order valence-electron chi connectivity index (χ2n) is 5.70. The average Bonchev–Trinajstić information content (AvgIpc) is 2.58. The molecule has 1 heterocycles. The number of hydrogen-bond acceptors (Lipinski definition) is 4. The number of rotatable bonds is 6. The van der Waals surface area contributed by atoms with Crippen molar-refractivity contribution in [2.45, 2.75) is 45.2 Å². The van der Waals surface area contributed by atoms with Crippen LogP contribution in [0.25, 0.3) is 0 Å². The normalized spacial score (nSPS) is 18.9. The molecule has 1 aliphatic rings. The molecular formula is C13H24N4O3. The van der Waals surface area contributed by atoms with E-state index in [-0.39, 0.29) is 24.4 Å². The fraction of sp³-hybridized carbons (Fsp3) is 0.769. The van der Waals surface area contributed by atoms with Gasteiger partial charge in [0.15, 0.2) is 0 Å². The fourth-order valence-corrected chi connectivity index (χ4v) is 1.99. The molecule has 7 nitrogen and oxygen atoms in total. The number of amides is 4. The van der Waals surface area contributed by atoms with Gasteiger partial charge in [-0.1, -0.05) is 0 Å². The van der Waals surface area contributed by atoms with Crippen molar-refractivity contribution in [3.63, 3.8) is 0 Å². The van der Waals surface area contributed by atoms with Crippen LogP contribution < -0.4 is 11.1 Å². The molecule has 20 heavy (non-hydrogen) atoms. The summed E-state index contributed by atoms with van der Waals surface area (Å²) in [5.74, 6) is -0.284. The zero-order chi connectivity index (χ0) is 15.5. The number of nitrogens with one attached hydrogen (secondary N) is 1. The summed E-state index contributed by atoms with van der Waals surface area (Å²) in [4.78, 5) is 38.2. The summed E-state index contributed by atoms with van der Waals surface area (Å²) in [6, 6.07) is -0.408. The van der Waals surface area contributed by atoms with Gasteiger partial charge in [-0.2, -0.15) is 0 Å². The van der Waals surface area contributed by atoms with E-state index in [1.54, 1.807) is 25.8 Å². The lowest BCUT2D eigenvalue weighted by atomic mass is 10.1. The van der Waals surface area contributed by atoms with Gasteiger partial charge >= 0.3 is 6.03 Å². The summed E-state index contributed by atoms with van der Waals surface area (Å²) < 4.78 is 0. The molecular weight excluding hydrogens is 260 g/mol. The van der Waals surface area contributed by atoms with Crippen molar-refractivity contribution < 1.29 is 14.4 Å². The topological polar surface area (TPSA) is 95.7 Å². The van der Waals surface area contributed by atoms with E-state index in [1.165, 1.54) is 4.90 Å². The Morgan fingerprint density at radius 3 is 2.50 bits per heavy atom. The first-order valence-electron chi connectivity index (χ1n) is 6.80. The summed E-state index contributed by atoms with van der Waals surface area (Å²) in [5.41, 5.74) is 4.65. The third-order valence-electron chi connectivity index (χ3n) is 3.61. The zero-order valence-electron chi connectivity index (χ0n) is 12.6. The van der Waals surface area contributed by atoms with E-state index < -0.39 is 11.6 Å². The third kappa shape index (κ3) is 3.47. The van der Waals surface area contributed by atoms with Crippen molar-refractivity contribution in [2.24, 2.45) is 5.73 Å². The molecule has 1 unspecified atom stereocenters. The molecule has 1 rings (SSSR count). The number of imide groups is 1. The van der Waals surface area contributed by atoms with E-state index in [0.717, 1.165) is 0 Å². The van der Waals surface area contributed by atoms with E-state index in [9.17, 15) is 14.4 Å². The molecule has 3 N–H and O–H groups in total. The molecule has 1 aliphatic heterocycles. The van der Waals surface area contributed by atoms with Crippen LogP contribution in [0.1, 0.15) is 33.6 Å². The first-order chi connectivity index (χ1) is 9.20. The van der Waals surface area contributed by atoms with Gasteiger partial charge in [0.1, 0.15) is 5.54 Å². The molecule has 0 aromatic rings. The number of hydrogen-bond donors (Lipinski definition) is 2. The minimum absolute atomic E-state index is 0.0156. The molecule has 0 aromatic carbocycles. The molecule has 1 saturated heterocycles. The molecule has 0 bridgehead atoms. The van der Waals surface area contributed by atoms with Crippen LogP contribution in [0, 0.1) is 0 Å². The largest absolute Gasteiger partial charge is 0.342 e. The zero-order valence-corrected chi connectivity index (χ0v) is 12.6. The Morgan fingerprint density at radius 2 is 2.05 bits per heavy atom. The third-order valence-corrected chi connectivity index (χ3v) is 3.61. The molecule has 7 heteroatoms. The Bertz CT molecular complexity index is 408. The van der Waals surface area contributed by atoms with Crippen molar-refractivity contribution in [3.8, 4) is 0 Å². The fourth-order valence-electron chi connectivity index (χ4n) is 1.99. The molecule has 0 saturated carbocycles. The lowest BCUT2D eigenvalue weighted by Crippen LogP contribution is -2.41. The Hall–Kier alpha value is -1.63. The Labute approximate surface area is 119 Å². The van der Waals surface area contributed by atoms with E-state index in [0.29, 0.717) is 19.4 Å². The Kier molecular flexibility index (Phi) is 5.10. The number of nitrogens with zero attached hydrogens (tertiary/aromatic N) is 2. The average molecular weight is 284 g/mol. The van der Waals surface area contributed by atoms with Crippen LogP contribution in [0.15, 0.2) is 0 Å². The van der Waals surface area contributed by atoms with Crippen molar-refractivity contribution in [2.75, 3.05) is 20.1 Å². The van der Waals surface area contributed by atoms with Gasteiger partial charge in [0, 0.05) is 32.6 Å². The van der Waals surface area contributed by atoms with Crippen molar-refractivity contribution in [3.05, 3.63) is 0 Å². The van der Waals surface area contributed by atoms with Gasteiger partial charge in [0.05, 0.1) is 0 Å². The highest BCUT2D eigenvalue weighted by atomic mass is 16.2. The molecule has 0 radical (unpaired) electrons. The van der Waals surface area contributed by atoms with Crippen LogP contribution in [0.5, 0.6) is 0 Å². The molecule has 4 amide bonds. The summed E-state index contributed by atoms with van der Waals surface area (Å²) in [7, 11) is 1.71. The van der Waals surface area contributed by atoms with Crippen molar-refractivity contribution in [1.29, 1.82) is 0 Å². The standard InChI is InChI=1S/C13H24N4O3/c1-9(8-14)16(4)10(18)6-5-7-17-11(19)13(2,3)15-12(17)20/h9H,5-8,14H2,1-4H3,(H,15,20). The van der Waals surface area contributed by atoms with E-state index in [4.69, 9.17) is 5.73 Å². The number of likely N-dealkylation sites (N-methyl/N-ethyl adjacent to an activating group) is 1. The van der Waals surface area contributed by atoms with Crippen LogP contribution in [0.2, 0.25) is 0 Å². The van der Waals surface area contributed by atoms with Gasteiger partial charge in [0.2, 0.25) is 5.91 Å². The summed E-state index contributed by atoms with van der Waals surface area (Å²) in [6.45, 7) is 5.86. The highest BCUT2D eigenvalue weighted by Gasteiger charge is 2.43. The second kappa shape index (κ2) is 6.21. The van der Waals surface area contributed by atoms with Crippen LogP contribution in [-0.2, 0) is 9.59 Å². The molecule has 0 spiro atoms. The monoisotopic (exact) mass is 284 g/mol.